The first kappa shape index (κ1) is 17.9. The van der Waals surface area contributed by atoms with E-state index in [0.717, 1.165) is 31.0 Å². The number of hydrogen-bond acceptors (Lipinski definition) is 3. The Morgan fingerprint density at radius 3 is 2.65 bits per heavy atom. The van der Waals surface area contributed by atoms with Gasteiger partial charge in [-0.1, -0.05) is 29.3 Å². The van der Waals surface area contributed by atoms with E-state index < -0.39 is 0 Å². The Morgan fingerprint density at radius 2 is 1.91 bits per heavy atom. The van der Waals surface area contributed by atoms with Gasteiger partial charge in [-0.05, 0) is 50.6 Å². The highest BCUT2D eigenvalue weighted by atomic mass is 35.5. The summed E-state index contributed by atoms with van der Waals surface area (Å²) in [6.07, 6.45) is 1.22. The molecule has 0 atom stereocenters. The van der Waals surface area contributed by atoms with Crippen LogP contribution in [0, 0.1) is 0 Å². The maximum Gasteiger partial charge on any atom is 0.146 e. The molecule has 124 valence electrons. The van der Waals surface area contributed by atoms with Crippen molar-refractivity contribution in [3.63, 3.8) is 0 Å². The van der Waals surface area contributed by atoms with E-state index in [-0.39, 0.29) is 6.10 Å². The number of hydrogen-bond donors (Lipinski definition) is 1. The van der Waals surface area contributed by atoms with Gasteiger partial charge in [0.15, 0.2) is 0 Å². The van der Waals surface area contributed by atoms with Crippen molar-refractivity contribution in [1.82, 2.24) is 0 Å². The van der Waals surface area contributed by atoms with Gasteiger partial charge in [0.25, 0.3) is 0 Å². The average Bonchev–Trinajstić information content (AvgIpc) is 2.50. The van der Waals surface area contributed by atoms with Crippen LogP contribution in [0.2, 0.25) is 10.0 Å². The third-order valence-corrected chi connectivity index (χ3v) is 3.59. The van der Waals surface area contributed by atoms with Crippen LogP contribution in [0.5, 0.6) is 11.5 Å². The minimum atomic E-state index is 0.274. The fraction of sp³-hybridized carbons (Fsp3) is 0.333. The van der Waals surface area contributed by atoms with E-state index in [0.29, 0.717) is 15.8 Å². The van der Waals surface area contributed by atoms with Gasteiger partial charge in [-0.3, -0.25) is 0 Å². The van der Waals surface area contributed by atoms with Gasteiger partial charge in [0, 0.05) is 29.9 Å². The van der Waals surface area contributed by atoms with Crippen molar-refractivity contribution in [1.29, 1.82) is 0 Å². The molecule has 0 aliphatic rings. The molecule has 2 aromatic carbocycles. The minimum absolute atomic E-state index is 0.274. The van der Waals surface area contributed by atoms with Crippen LogP contribution in [0.4, 0.5) is 5.69 Å². The van der Waals surface area contributed by atoms with Crippen LogP contribution in [0.25, 0.3) is 0 Å². The van der Waals surface area contributed by atoms with E-state index in [1.165, 1.54) is 0 Å². The summed E-state index contributed by atoms with van der Waals surface area (Å²) in [5, 5.41) is 4.43. The van der Waals surface area contributed by atoms with Crippen molar-refractivity contribution in [3.8, 4) is 11.5 Å². The van der Waals surface area contributed by atoms with Crippen LogP contribution in [0.15, 0.2) is 42.5 Å². The zero-order valence-electron chi connectivity index (χ0n) is 13.3. The van der Waals surface area contributed by atoms with E-state index in [9.17, 15) is 0 Å². The van der Waals surface area contributed by atoms with Gasteiger partial charge >= 0.3 is 0 Å². The number of anilines is 1. The molecule has 0 unspecified atom stereocenters. The summed E-state index contributed by atoms with van der Waals surface area (Å²) in [7, 11) is 0. The van der Waals surface area contributed by atoms with Crippen molar-refractivity contribution in [2.75, 3.05) is 18.5 Å². The Kier molecular flexibility index (Phi) is 7.03. The van der Waals surface area contributed by atoms with Crippen LogP contribution in [-0.2, 0) is 4.74 Å². The quantitative estimate of drug-likeness (QED) is 0.589. The Morgan fingerprint density at radius 1 is 1.09 bits per heavy atom. The molecule has 0 fully saturated rings. The lowest BCUT2D eigenvalue weighted by Gasteiger charge is -2.11. The smallest absolute Gasteiger partial charge is 0.146 e. The second-order valence-corrected chi connectivity index (χ2v) is 6.25. The molecule has 0 saturated heterocycles. The lowest BCUT2D eigenvalue weighted by molar-refractivity contribution is 0.0787. The van der Waals surface area contributed by atoms with Crippen LogP contribution < -0.4 is 10.1 Å². The largest absolute Gasteiger partial charge is 0.456 e. The van der Waals surface area contributed by atoms with Crippen LogP contribution in [-0.4, -0.2) is 19.3 Å². The maximum atomic E-state index is 6.12. The van der Waals surface area contributed by atoms with Gasteiger partial charge in [-0.15, -0.1) is 0 Å². The molecule has 5 heteroatoms. The van der Waals surface area contributed by atoms with E-state index in [1.807, 2.05) is 38.1 Å². The molecule has 2 aromatic rings. The Hall–Kier alpha value is -1.42. The SMILES string of the molecule is CC(C)OCCCNc1cccc(Oc2ccc(Cl)cc2Cl)c1. The fourth-order valence-corrected chi connectivity index (χ4v) is 2.43. The maximum absolute atomic E-state index is 6.12. The van der Waals surface area contributed by atoms with Crippen molar-refractivity contribution in [2.45, 2.75) is 26.4 Å². The number of halogens is 2. The van der Waals surface area contributed by atoms with Crippen LogP contribution >= 0.6 is 23.2 Å². The topological polar surface area (TPSA) is 30.5 Å². The van der Waals surface area contributed by atoms with Crippen LogP contribution in [0.1, 0.15) is 20.3 Å². The summed E-state index contributed by atoms with van der Waals surface area (Å²) in [6.45, 7) is 5.67. The van der Waals surface area contributed by atoms with Crippen molar-refractivity contribution < 1.29 is 9.47 Å². The van der Waals surface area contributed by atoms with Crippen LogP contribution in [0.3, 0.4) is 0 Å². The summed E-state index contributed by atoms with van der Waals surface area (Å²) < 4.78 is 11.3. The molecule has 0 radical (unpaired) electrons. The first-order valence-electron chi connectivity index (χ1n) is 7.63. The van der Waals surface area contributed by atoms with Crippen molar-refractivity contribution in [2.24, 2.45) is 0 Å². The zero-order valence-corrected chi connectivity index (χ0v) is 14.8. The highest BCUT2D eigenvalue weighted by molar-refractivity contribution is 6.35. The van der Waals surface area contributed by atoms with Gasteiger partial charge in [0.1, 0.15) is 11.5 Å². The highest BCUT2D eigenvalue weighted by Gasteiger charge is 2.04. The first-order chi connectivity index (χ1) is 11.0. The van der Waals surface area contributed by atoms with Crippen molar-refractivity contribution >= 4 is 28.9 Å². The summed E-state index contributed by atoms with van der Waals surface area (Å²) in [6, 6.07) is 12.9. The predicted octanol–water partition coefficient (Wildman–Crippen LogP) is 6.01. The molecule has 0 aromatic heterocycles. The molecule has 2 rings (SSSR count). The number of rotatable bonds is 8. The Balaban J connectivity index is 1.89. The normalized spacial score (nSPS) is 10.8. The van der Waals surface area contributed by atoms with Gasteiger partial charge in [0.05, 0.1) is 11.1 Å². The Labute approximate surface area is 147 Å². The molecule has 0 bridgehead atoms. The fourth-order valence-electron chi connectivity index (χ4n) is 1.98. The predicted molar refractivity (Wildman–Crippen MR) is 97.2 cm³/mol. The van der Waals surface area contributed by atoms with E-state index in [1.54, 1.807) is 18.2 Å². The zero-order chi connectivity index (χ0) is 16.7. The lowest BCUT2D eigenvalue weighted by Crippen LogP contribution is -2.09. The molecule has 0 aliphatic heterocycles. The van der Waals surface area contributed by atoms with Gasteiger partial charge in [-0.25, -0.2) is 0 Å². The standard InChI is InChI=1S/C18H21Cl2NO2/c1-13(2)22-10-4-9-21-15-5-3-6-16(12-15)23-18-8-7-14(19)11-17(18)20/h3,5-8,11-13,21H,4,9-10H2,1-2H3. The number of benzene rings is 2. The third-order valence-electron chi connectivity index (χ3n) is 3.06. The monoisotopic (exact) mass is 353 g/mol. The minimum Gasteiger partial charge on any atom is -0.456 e. The number of ether oxygens (including phenoxy) is 2. The molecule has 0 heterocycles. The average molecular weight is 354 g/mol. The second kappa shape index (κ2) is 9.02. The highest BCUT2D eigenvalue weighted by Crippen LogP contribution is 2.32. The van der Waals surface area contributed by atoms with E-state index >= 15 is 0 Å². The molecule has 1 N–H and O–H groups in total. The van der Waals surface area contributed by atoms with Gasteiger partial charge in [0.2, 0.25) is 0 Å². The van der Waals surface area contributed by atoms with Crippen molar-refractivity contribution in [3.05, 3.63) is 52.5 Å². The molecule has 3 nitrogen and oxygen atoms in total. The molecule has 23 heavy (non-hydrogen) atoms. The third kappa shape index (κ3) is 6.30. The summed E-state index contributed by atoms with van der Waals surface area (Å²) in [4.78, 5) is 0. The van der Waals surface area contributed by atoms with Gasteiger partial charge < -0.3 is 14.8 Å². The lowest BCUT2D eigenvalue weighted by atomic mass is 10.3. The summed E-state index contributed by atoms with van der Waals surface area (Å²) >= 11 is 12.0. The molecular weight excluding hydrogens is 333 g/mol. The summed E-state index contributed by atoms with van der Waals surface area (Å²) in [5.41, 5.74) is 0.997. The number of nitrogens with one attached hydrogen (secondary N) is 1. The van der Waals surface area contributed by atoms with Gasteiger partial charge in [-0.2, -0.15) is 0 Å². The second-order valence-electron chi connectivity index (χ2n) is 5.40. The van der Waals surface area contributed by atoms with E-state index in [4.69, 9.17) is 32.7 Å². The summed E-state index contributed by atoms with van der Waals surface area (Å²) in [5.74, 6) is 1.30. The molecule has 0 amide bonds. The molecule has 0 aliphatic carbocycles. The molecular formula is C18H21Cl2NO2. The van der Waals surface area contributed by atoms with E-state index in [2.05, 4.69) is 5.32 Å². The molecule has 0 spiro atoms. The first-order valence-corrected chi connectivity index (χ1v) is 8.38. The molecule has 0 saturated carbocycles. The Bertz CT molecular complexity index is 632.